The summed E-state index contributed by atoms with van der Waals surface area (Å²) in [6.07, 6.45) is 3.53. The van der Waals surface area contributed by atoms with Gasteiger partial charge in [-0.1, -0.05) is 18.2 Å². The molecule has 0 aliphatic carbocycles. The molecule has 0 radical (unpaired) electrons. The summed E-state index contributed by atoms with van der Waals surface area (Å²) in [4.78, 5) is 8.44. The van der Waals surface area contributed by atoms with E-state index in [1.807, 2.05) is 36.4 Å². The highest BCUT2D eigenvalue weighted by Gasteiger charge is 2.19. The summed E-state index contributed by atoms with van der Waals surface area (Å²) in [7, 11) is 0. The molecule has 0 fully saturated rings. The molecule has 4 rings (SSSR count). The average Bonchev–Trinajstić information content (AvgIpc) is 3.13. The zero-order chi connectivity index (χ0) is 18.8. The van der Waals surface area contributed by atoms with Crippen molar-refractivity contribution in [3.05, 3.63) is 83.8 Å². The molecule has 7 heteroatoms. The van der Waals surface area contributed by atoms with Crippen molar-refractivity contribution >= 4 is 10.9 Å². The minimum absolute atomic E-state index is 0.116. The molecule has 0 amide bonds. The van der Waals surface area contributed by atoms with E-state index in [1.165, 1.54) is 12.1 Å². The number of para-hydroxylation sites is 1. The second kappa shape index (κ2) is 6.94. The van der Waals surface area contributed by atoms with Gasteiger partial charge in [-0.3, -0.25) is 4.98 Å². The van der Waals surface area contributed by atoms with Crippen LogP contribution in [0.15, 0.2) is 60.9 Å². The molecule has 3 heterocycles. The third kappa shape index (κ3) is 3.14. The van der Waals surface area contributed by atoms with Gasteiger partial charge in [-0.15, -0.1) is 0 Å². The first-order valence-corrected chi connectivity index (χ1v) is 8.36. The molecule has 0 aliphatic rings. The maximum Gasteiger partial charge on any atom is 0.144 e. The van der Waals surface area contributed by atoms with Gasteiger partial charge in [0.1, 0.15) is 17.6 Å². The number of nitriles is 1. The molecular formula is C20H15FN6. The fourth-order valence-electron chi connectivity index (χ4n) is 3.03. The van der Waals surface area contributed by atoms with Crippen LogP contribution in [0.5, 0.6) is 0 Å². The van der Waals surface area contributed by atoms with Gasteiger partial charge in [0.15, 0.2) is 0 Å². The summed E-state index contributed by atoms with van der Waals surface area (Å²) in [6, 6.07) is 15.4. The van der Waals surface area contributed by atoms with Crippen LogP contribution in [0, 0.1) is 17.1 Å². The van der Waals surface area contributed by atoms with E-state index in [4.69, 9.17) is 11.0 Å². The topological polar surface area (TPSA) is 93.4 Å². The maximum atomic E-state index is 14.1. The Morgan fingerprint density at radius 1 is 1.15 bits per heavy atom. The Morgan fingerprint density at radius 3 is 2.85 bits per heavy atom. The van der Waals surface area contributed by atoms with Gasteiger partial charge in [0.25, 0.3) is 0 Å². The summed E-state index contributed by atoms with van der Waals surface area (Å²) >= 11 is 0. The van der Waals surface area contributed by atoms with Gasteiger partial charge >= 0.3 is 0 Å². The van der Waals surface area contributed by atoms with Crippen LogP contribution in [0.2, 0.25) is 0 Å². The van der Waals surface area contributed by atoms with E-state index in [2.05, 4.69) is 15.1 Å². The highest BCUT2D eigenvalue weighted by atomic mass is 19.1. The van der Waals surface area contributed by atoms with Gasteiger partial charge in [0.05, 0.1) is 34.8 Å². The van der Waals surface area contributed by atoms with Gasteiger partial charge in [0, 0.05) is 18.0 Å². The molecular weight excluding hydrogens is 343 g/mol. The summed E-state index contributed by atoms with van der Waals surface area (Å²) in [6.45, 7) is 0. The van der Waals surface area contributed by atoms with Crippen molar-refractivity contribution < 1.29 is 4.39 Å². The van der Waals surface area contributed by atoms with E-state index in [-0.39, 0.29) is 17.8 Å². The number of rotatable bonds is 4. The summed E-state index contributed by atoms with van der Waals surface area (Å²) < 4.78 is 15.9. The van der Waals surface area contributed by atoms with E-state index < -0.39 is 11.9 Å². The van der Waals surface area contributed by atoms with Gasteiger partial charge in [-0.25, -0.2) is 14.1 Å². The van der Waals surface area contributed by atoms with Crippen LogP contribution in [0.3, 0.4) is 0 Å². The van der Waals surface area contributed by atoms with E-state index >= 15 is 0 Å². The Bertz CT molecular complexity index is 1160. The monoisotopic (exact) mass is 358 g/mol. The average molecular weight is 358 g/mol. The first-order valence-electron chi connectivity index (χ1n) is 8.36. The zero-order valence-corrected chi connectivity index (χ0v) is 14.2. The molecule has 2 N–H and O–H groups in total. The molecule has 0 saturated heterocycles. The molecule has 0 unspecified atom stereocenters. The Labute approximate surface area is 154 Å². The fraction of sp³-hybridized carbons (Fsp3) is 0.100. The van der Waals surface area contributed by atoms with Gasteiger partial charge in [-0.05, 0) is 30.3 Å². The lowest BCUT2D eigenvalue weighted by Gasteiger charge is -2.16. The summed E-state index contributed by atoms with van der Waals surface area (Å²) in [5.74, 6) is -0.494. The van der Waals surface area contributed by atoms with Crippen molar-refractivity contribution in [2.75, 3.05) is 0 Å². The van der Waals surface area contributed by atoms with Crippen LogP contribution in [0.4, 0.5) is 4.39 Å². The smallest absolute Gasteiger partial charge is 0.144 e. The van der Waals surface area contributed by atoms with E-state index in [0.29, 0.717) is 5.69 Å². The van der Waals surface area contributed by atoms with E-state index in [9.17, 15) is 4.39 Å². The van der Waals surface area contributed by atoms with Crippen LogP contribution in [0.1, 0.15) is 23.1 Å². The van der Waals surface area contributed by atoms with Crippen molar-refractivity contribution in [2.45, 2.75) is 12.5 Å². The molecule has 4 aromatic rings. The number of hydrogen-bond acceptors (Lipinski definition) is 5. The number of halogens is 1. The van der Waals surface area contributed by atoms with Gasteiger partial charge in [0.2, 0.25) is 0 Å². The standard InChI is InChI=1S/C20H15FN6/c21-15-8-7-14(11-22)26-17(15)10-16(23)20-19(6-3-9-24-20)27-18-5-2-1-4-13(18)12-25-27/h1-9,12,16H,10,23H2/t16-/m0/s1. The molecule has 1 aromatic carbocycles. The Kier molecular flexibility index (Phi) is 4.32. The molecule has 0 aliphatic heterocycles. The largest absolute Gasteiger partial charge is 0.322 e. The number of fused-ring (bicyclic) bond motifs is 1. The highest BCUT2D eigenvalue weighted by Crippen LogP contribution is 2.24. The van der Waals surface area contributed by atoms with Crippen LogP contribution in [-0.4, -0.2) is 19.7 Å². The number of nitrogens with zero attached hydrogens (tertiary/aromatic N) is 5. The van der Waals surface area contributed by atoms with Crippen molar-refractivity contribution in [1.82, 2.24) is 19.7 Å². The van der Waals surface area contributed by atoms with Gasteiger partial charge < -0.3 is 5.73 Å². The number of aromatic nitrogens is 4. The number of benzene rings is 1. The van der Waals surface area contributed by atoms with Crippen molar-refractivity contribution in [1.29, 1.82) is 5.26 Å². The third-order valence-corrected chi connectivity index (χ3v) is 4.32. The number of pyridine rings is 2. The lowest BCUT2D eigenvalue weighted by Crippen LogP contribution is -2.19. The number of hydrogen-bond donors (Lipinski definition) is 1. The molecule has 0 saturated carbocycles. The van der Waals surface area contributed by atoms with E-state index in [0.717, 1.165) is 16.6 Å². The second-order valence-corrected chi connectivity index (χ2v) is 6.07. The van der Waals surface area contributed by atoms with E-state index in [1.54, 1.807) is 23.1 Å². The minimum Gasteiger partial charge on any atom is -0.322 e. The first kappa shape index (κ1) is 16.8. The Hall–Kier alpha value is -3.63. The van der Waals surface area contributed by atoms with Crippen molar-refractivity contribution in [2.24, 2.45) is 5.73 Å². The zero-order valence-electron chi connectivity index (χ0n) is 14.2. The predicted molar refractivity (Wildman–Crippen MR) is 98.4 cm³/mol. The van der Waals surface area contributed by atoms with Crippen molar-refractivity contribution in [3.8, 4) is 11.8 Å². The predicted octanol–water partition coefficient (Wildman–Crippen LogP) is 3.07. The lowest BCUT2D eigenvalue weighted by molar-refractivity contribution is 0.574. The molecule has 0 spiro atoms. The lowest BCUT2D eigenvalue weighted by atomic mass is 10.1. The molecule has 27 heavy (non-hydrogen) atoms. The normalized spacial score (nSPS) is 12.0. The van der Waals surface area contributed by atoms with Gasteiger partial charge in [-0.2, -0.15) is 10.4 Å². The highest BCUT2D eigenvalue weighted by molar-refractivity contribution is 5.80. The molecule has 1 atom stereocenters. The molecule has 3 aromatic heterocycles. The van der Waals surface area contributed by atoms with Crippen molar-refractivity contribution in [3.63, 3.8) is 0 Å². The Morgan fingerprint density at radius 2 is 2.00 bits per heavy atom. The second-order valence-electron chi connectivity index (χ2n) is 6.07. The minimum atomic E-state index is -0.611. The van der Waals surface area contributed by atoms with Crippen LogP contribution in [0.25, 0.3) is 16.6 Å². The molecule has 6 nitrogen and oxygen atoms in total. The van der Waals surface area contributed by atoms with Crippen LogP contribution in [-0.2, 0) is 6.42 Å². The Balaban J connectivity index is 1.74. The third-order valence-electron chi connectivity index (χ3n) is 4.32. The summed E-state index contributed by atoms with van der Waals surface area (Å²) in [5.41, 5.74) is 8.87. The van der Waals surface area contributed by atoms with Crippen LogP contribution >= 0.6 is 0 Å². The number of nitrogens with two attached hydrogens (primary N) is 1. The maximum absolute atomic E-state index is 14.1. The quantitative estimate of drug-likeness (QED) is 0.605. The fourth-order valence-corrected chi connectivity index (χ4v) is 3.03. The van der Waals surface area contributed by atoms with Crippen LogP contribution < -0.4 is 5.73 Å². The molecule has 132 valence electrons. The molecule has 0 bridgehead atoms. The first-order chi connectivity index (χ1) is 13.2. The summed E-state index contributed by atoms with van der Waals surface area (Å²) in [5, 5.41) is 14.4. The SMILES string of the molecule is N#Cc1ccc(F)c(C[C@H](N)c2ncccc2-n2ncc3ccccc32)n1.